The number of carbonyl (C=O) groups excluding carboxylic acids is 1. The van der Waals surface area contributed by atoms with Crippen LogP contribution in [-0.4, -0.2) is 44.3 Å². The molecule has 9 heteroatoms. The number of hydrogen-bond donors (Lipinski definition) is 4. The van der Waals surface area contributed by atoms with E-state index < -0.39 is 29.8 Å². The molecule has 1 amide bonds. The van der Waals surface area contributed by atoms with Crippen LogP contribution in [-0.2, 0) is 11.2 Å². The van der Waals surface area contributed by atoms with Crippen LogP contribution in [0.4, 0.5) is 0 Å². The first-order valence-corrected chi connectivity index (χ1v) is 10.3. The Hall–Kier alpha value is -3.65. The van der Waals surface area contributed by atoms with Gasteiger partial charge in [0.05, 0.1) is 5.92 Å². The lowest BCUT2D eigenvalue weighted by Gasteiger charge is -2.20. The first-order chi connectivity index (χ1) is 15.2. The van der Waals surface area contributed by atoms with E-state index in [1.165, 1.54) is 0 Å². The third-order valence-corrected chi connectivity index (χ3v) is 5.26. The molecule has 8 nitrogen and oxygen atoms in total. The fourth-order valence-corrected chi connectivity index (χ4v) is 3.50. The SMILES string of the molecule is C[C@@H](CC(Cc1ccc(-c2cccc(Cl)c2)cc1)NC(=O)c1cc(C(=O)O)[nH]n1)C(=O)O. The third kappa shape index (κ3) is 5.95. The number of carboxylic acid groups (broad SMARTS) is 2. The molecule has 0 aliphatic rings. The molecule has 0 fully saturated rings. The van der Waals surface area contributed by atoms with Crippen molar-refractivity contribution < 1.29 is 24.6 Å². The maximum atomic E-state index is 12.6. The van der Waals surface area contributed by atoms with E-state index in [2.05, 4.69) is 15.5 Å². The molecule has 1 aromatic heterocycles. The molecule has 2 atom stereocenters. The normalized spacial score (nSPS) is 12.7. The molecule has 0 aliphatic carbocycles. The van der Waals surface area contributed by atoms with Gasteiger partial charge in [0.15, 0.2) is 5.69 Å². The Labute approximate surface area is 189 Å². The summed E-state index contributed by atoms with van der Waals surface area (Å²) in [6, 6.07) is 15.8. The Morgan fingerprint density at radius 2 is 1.78 bits per heavy atom. The number of carbonyl (C=O) groups is 3. The van der Waals surface area contributed by atoms with E-state index in [0.29, 0.717) is 11.4 Å². The van der Waals surface area contributed by atoms with Crippen LogP contribution >= 0.6 is 11.6 Å². The Bertz CT molecular complexity index is 1130. The molecule has 1 unspecified atom stereocenters. The highest BCUT2D eigenvalue weighted by molar-refractivity contribution is 6.30. The van der Waals surface area contributed by atoms with Gasteiger partial charge in [-0.15, -0.1) is 0 Å². The standard InChI is InChI=1S/C23H22ClN3O5/c1-13(22(29)30)9-18(25-21(28)19-12-20(23(31)32)27-26-19)10-14-5-7-15(8-6-14)16-3-2-4-17(24)11-16/h2-8,11-13,18H,9-10H2,1H3,(H,25,28)(H,26,27)(H,29,30)(H,31,32)/t13-,18?/m0/s1. The first kappa shape index (κ1) is 23.0. The van der Waals surface area contributed by atoms with E-state index in [4.69, 9.17) is 16.7 Å². The highest BCUT2D eigenvalue weighted by Crippen LogP contribution is 2.23. The largest absolute Gasteiger partial charge is 0.481 e. The van der Waals surface area contributed by atoms with Gasteiger partial charge >= 0.3 is 11.9 Å². The quantitative estimate of drug-likeness (QED) is 0.387. The van der Waals surface area contributed by atoms with Gasteiger partial charge in [-0.05, 0) is 41.7 Å². The fourth-order valence-electron chi connectivity index (χ4n) is 3.31. The second-order valence-electron chi connectivity index (χ2n) is 7.53. The van der Waals surface area contributed by atoms with Gasteiger partial charge < -0.3 is 15.5 Å². The second kappa shape index (κ2) is 10.1. The zero-order chi connectivity index (χ0) is 23.3. The van der Waals surface area contributed by atoms with Crippen LogP contribution in [0.1, 0.15) is 39.9 Å². The van der Waals surface area contributed by atoms with Crippen molar-refractivity contribution >= 4 is 29.4 Å². The van der Waals surface area contributed by atoms with Gasteiger partial charge in [0.2, 0.25) is 0 Å². The van der Waals surface area contributed by atoms with Gasteiger partial charge in [0.25, 0.3) is 5.91 Å². The molecule has 0 aliphatic heterocycles. The smallest absolute Gasteiger partial charge is 0.353 e. The summed E-state index contributed by atoms with van der Waals surface area (Å²) in [4.78, 5) is 34.9. The number of aliphatic carboxylic acids is 1. The molecule has 0 saturated heterocycles. The second-order valence-corrected chi connectivity index (χ2v) is 7.97. The molecule has 0 radical (unpaired) electrons. The number of aromatic carboxylic acids is 1. The lowest BCUT2D eigenvalue weighted by atomic mass is 9.95. The van der Waals surface area contributed by atoms with Crippen molar-refractivity contribution in [2.24, 2.45) is 5.92 Å². The van der Waals surface area contributed by atoms with Gasteiger partial charge in [-0.3, -0.25) is 14.7 Å². The van der Waals surface area contributed by atoms with Gasteiger partial charge in [0, 0.05) is 17.1 Å². The average molecular weight is 456 g/mol. The number of nitrogens with one attached hydrogen (secondary N) is 2. The summed E-state index contributed by atoms with van der Waals surface area (Å²) in [5.74, 6) is -3.45. The molecule has 0 spiro atoms. The van der Waals surface area contributed by atoms with Crippen LogP contribution in [0.3, 0.4) is 0 Å². The molecule has 0 bridgehead atoms. The van der Waals surface area contributed by atoms with Gasteiger partial charge in [0.1, 0.15) is 5.69 Å². The van der Waals surface area contributed by atoms with Crippen LogP contribution < -0.4 is 5.32 Å². The molecule has 166 valence electrons. The van der Waals surface area contributed by atoms with Crippen molar-refractivity contribution in [3.8, 4) is 11.1 Å². The average Bonchev–Trinajstić information content (AvgIpc) is 3.25. The van der Waals surface area contributed by atoms with Crippen LogP contribution in [0.15, 0.2) is 54.6 Å². The first-order valence-electron chi connectivity index (χ1n) is 9.90. The Morgan fingerprint density at radius 3 is 2.38 bits per heavy atom. The number of hydrogen-bond acceptors (Lipinski definition) is 4. The number of aromatic nitrogens is 2. The summed E-state index contributed by atoms with van der Waals surface area (Å²) in [6.07, 6.45) is 0.600. The fraction of sp³-hybridized carbons (Fsp3) is 0.217. The summed E-state index contributed by atoms with van der Waals surface area (Å²) in [7, 11) is 0. The number of aromatic amines is 1. The molecular formula is C23H22ClN3O5. The van der Waals surface area contributed by atoms with E-state index in [1.807, 2.05) is 42.5 Å². The number of benzene rings is 2. The van der Waals surface area contributed by atoms with Gasteiger partial charge in [-0.2, -0.15) is 5.10 Å². The van der Waals surface area contributed by atoms with Crippen molar-refractivity contribution in [2.45, 2.75) is 25.8 Å². The zero-order valence-electron chi connectivity index (χ0n) is 17.2. The highest BCUT2D eigenvalue weighted by Gasteiger charge is 2.23. The molecule has 1 heterocycles. The predicted octanol–water partition coefficient (Wildman–Crippen LogP) is 3.88. The molecular weight excluding hydrogens is 434 g/mol. The molecule has 2 aromatic carbocycles. The van der Waals surface area contributed by atoms with E-state index in [1.54, 1.807) is 13.0 Å². The number of nitrogens with zero attached hydrogens (tertiary/aromatic N) is 1. The Kier molecular flexibility index (Phi) is 7.27. The molecule has 3 rings (SSSR count). The van der Waals surface area contributed by atoms with E-state index in [-0.39, 0.29) is 17.8 Å². The van der Waals surface area contributed by atoms with Crippen molar-refractivity contribution in [2.75, 3.05) is 0 Å². The number of carboxylic acids is 2. The van der Waals surface area contributed by atoms with Crippen LogP contribution in [0.25, 0.3) is 11.1 Å². The summed E-state index contributed by atoms with van der Waals surface area (Å²) < 4.78 is 0. The topological polar surface area (TPSA) is 132 Å². The maximum Gasteiger partial charge on any atom is 0.353 e. The highest BCUT2D eigenvalue weighted by atomic mass is 35.5. The molecule has 32 heavy (non-hydrogen) atoms. The zero-order valence-corrected chi connectivity index (χ0v) is 18.0. The minimum Gasteiger partial charge on any atom is -0.481 e. The van der Waals surface area contributed by atoms with Crippen molar-refractivity contribution in [3.05, 3.63) is 76.6 Å². The van der Waals surface area contributed by atoms with Crippen LogP contribution in [0.2, 0.25) is 5.02 Å². The summed E-state index contributed by atoms with van der Waals surface area (Å²) in [5.41, 5.74) is 2.58. The van der Waals surface area contributed by atoms with Crippen molar-refractivity contribution in [3.63, 3.8) is 0 Å². The molecule has 3 aromatic rings. The van der Waals surface area contributed by atoms with E-state index in [0.717, 1.165) is 22.8 Å². The molecule has 4 N–H and O–H groups in total. The lowest BCUT2D eigenvalue weighted by molar-refractivity contribution is -0.141. The summed E-state index contributed by atoms with van der Waals surface area (Å²) in [5, 5.41) is 27.7. The number of H-pyrrole nitrogens is 1. The monoisotopic (exact) mass is 455 g/mol. The number of rotatable bonds is 9. The number of halogens is 1. The van der Waals surface area contributed by atoms with Crippen LogP contribution in [0, 0.1) is 5.92 Å². The van der Waals surface area contributed by atoms with E-state index >= 15 is 0 Å². The van der Waals surface area contributed by atoms with Gasteiger partial charge in [-0.25, -0.2) is 4.79 Å². The van der Waals surface area contributed by atoms with Crippen molar-refractivity contribution in [1.82, 2.24) is 15.5 Å². The minimum atomic E-state index is -1.23. The summed E-state index contributed by atoms with van der Waals surface area (Å²) in [6.45, 7) is 1.57. The Morgan fingerprint density at radius 1 is 1.06 bits per heavy atom. The Balaban J connectivity index is 1.75. The van der Waals surface area contributed by atoms with Crippen molar-refractivity contribution in [1.29, 1.82) is 0 Å². The van der Waals surface area contributed by atoms with E-state index in [9.17, 15) is 19.5 Å². The van der Waals surface area contributed by atoms with Gasteiger partial charge in [-0.1, -0.05) is 54.9 Å². The summed E-state index contributed by atoms with van der Waals surface area (Å²) >= 11 is 6.06. The molecule has 0 saturated carbocycles. The lowest BCUT2D eigenvalue weighted by Crippen LogP contribution is -2.38. The maximum absolute atomic E-state index is 12.6. The minimum absolute atomic E-state index is 0.0771. The predicted molar refractivity (Wildman–Crippen MR) is 119 cm³/mol. The third-order valence-electron chi connectivity index (χ3n) is 5.03. The van der Waals surface area contributed by atoms with Crippen LogP contribution in [0.5, 0.6) is 0 Å². The number of amides is 1.